The molecule has 5 heteroatoms. The zero-order valence-electron chi connectivity index (χ0n) is 15.0. The molecule has 0 aliphatic carbocycles. The average Bonchev–Trinajstić information content (AvgIpc) is 2.64. The highest BCUT2D eigenvalue weighted by molar-refractivity contribution is 6.35. The summed E-state index contributed by atoms with van der Waals surface area (Å²) in [5.74, 6) is -1.31. The molecule has 0 spiro atoms. The molecule has 1 aliphatic heterocycles. The van der Waals surface area contributed by atoms with Crippen LogP contribution in [-0.2, 0) is 20.8 Å². The molecule has 2 aromatic rings. The van der Waals surface area contributed by atoms with Gasteiger partial charge in [0, 0.05) is 19.2 Å². The van der Waals surface area contributed by atoms with E-state index in [1.807, 2.05) is 61.5 Å². The van der Waals surface area contributed by atoms with Crippen LogP contribution in [0.4, 0.5) is 5.69 Å². The van der Waals surface area contributed by atoms with Crippen LogP contribution in [0, 0.1) is 6.92 Å². The Kier molecular flexibility index (Phi) is 5.16. The minimum atomic E-state index is -0.595. The van der Waals surface area contributed by atoms with Crippen molar-refractivity contribution in [1.29, 1.82) is 0 Å². The highest BCUT2D eigenvalue weighted by atomic mass is 16.2. The van der Waals surface area contributed by atoms with Gasteiger partial charge in [0.15, 0.2) is 0 Å². The predicted octanol–water partition coefficient (Wildman–Crippen LogP) is 2.37. The molecule has 0 saturated carbocycles. The molecule has 0 aromatic heterocycles. The maximum absolute atomic E-state index is 12.6. The van der Waals surface area contributed by atoms with E-state index in [0.29, 0.717) is 13.0 Å². The summed E-state index contributed by atoms with van der Waals surface area (Å²) in [6.07, 6.45) is 0.593. The van der Waals surface area contributed by atoms with Gasteiger partial charge in [-0.05, 0) is 31.0 Å². The van der Waals surface area contributed by atoms with E-state index < -0.39 is 11.7 Å². The second-order valence-corrected chi connectivity index (χ2v) is 6.67. The van der Waals surface area contributed by atoms with Gasteiger partial charge in [0.2, 0.25) is 11.7 Å². The highest BCUT2D eigenvalue weighted by Gasteiger charge is 2.36. The number of hydrogen-bond donors (Lipinski definition) is 0. The standard InChI is InChI=1S/C21H22N2O3/c1-15-8-10-18(11-9-15)22-13-19(12-17-6-4-3-5-7-17)23(14-20(22)25)21(26)16(2)24/h3-11,19H,12-14H2,1-2H3/t19-/m0/s1. The van der Waals surface area contributed by atoms with Gasteiger partial charge in [-0.1, -0.05) is 48.0 Å². The van der Waals surface area contributed by atoms with Crippen LogP contribution in [0.2, 0.25) is 0 Å². The number of hydrogen-bond acceptors (Lipinski definition) is 3. The first-order valence-electron chi connectivity index (χ1n) is 8.68. The number of carbonyl (C=O) groups excluding carboxylic acids is 3. The molecule has 1 saturated heterocycles. The lowest BCUT2D eigenvalue weighted by atomic mass is 10.0. The van der Waals surface area contributed by atoms with Gasteiger partial charge in [0.25, 0.3) is 5.91 Å². The van der Waals surface area contributed by atoms with Crippen LogP contribution in [0.15, 0.2) is 54.6 Å². The van der Waals surface area contributed by atoms with Crippen LogP contribution in [-0.4, -0.2) is 41.6 Å². The number of rotatable bonds is 4. The van der Waals surface area contributed by atoms with Crippen molar-refractivity contribution >= 4 is 23.3 Å². The van der Waals surface area contributed by atoms with Crippen molar-refractivity contribution in [2.75, 3.05) is 18.0 Å². The minimum Gasteiger partial charge on any atom is -0.322 e. The van der Waals surface area contributed by atoms with E-state index in [1.165, 1.54) is 11.8 Å². The SMILES string of the molecule is CC(=O)C(=O)N1CC(=O)N(c2ccc(C)cc2)C[C@@H]1Cc1ccccc1. The van der Waals surface area contributed by atoms with Gasteiger partial charge < -0.3 is 9.80 Å². The Morgan fingerprint density at radius 3 is 2.31 bits per heavy atom. The molecule has 0 N–H and O–H groups in total. The van der Waals surface area contributed by atoms with E-state index in [0.717, 1.165) is 16.8 Å². The van der Waals surface area contributed by atoms with Crippen LogP contribution in [0.3, 0.4) is 0 Å². The summed E-state index contributed by atoms with van der Waals surface area (Å²) < 4.78 is 0. The quantitative estimate of drug-likeness (QED) is 0.796. The molecule has 5 nitrogen and oxygen atoms in total. The molecule has 2 aromatic carbocycles. The van der Waals surface area contributed by atoms with Gasteiger partial charge in [-0.25, -0.2) is 0 Å². The average molecular weight is 350 g/mol. The molecule has 1 aliphatic rings. The van der Waals surface area contributed by atoms with Crippen molar-refractivity contribution in [2.24, 2.45) is 0 Å². The first-order chi connectivity index (χ1) is 12.5. The molecule has 3 rings (SSSR count). The molecule has 0 unspecified atom stereocenters. The van der Waals surface area contributed by atoms with Crippen molar-refractivity contribution in [3.63, 3.8) is 0 Å². The first-order valence-corrected chi connectivity index (χ1v) is 8.68. The summed E-state index contributed by atoms with van der Waals surface area (Å²) in [6.45, 7) is 3.53. The summed E-state index contributed by atoms with van der Waals surface area (Å²) >= 11 is 0. The third-order valence-electron chi connectivity index (χ3n) is 4.66. The molecule has 1 heterocycles. The van der Waals surface area contributed by atoms with Gasteiger partial charge in [0.05, 0.1) is 6.04 Å². The lowest BCUT2D eigenvalue weighted by molar-refractivity contribution is -0.147. The fourth-order valence-corrected chi connectivity index (χ4v) is 3.25. The fourth-order valence-electron chi connectivity index (χ4n) is 3.25. The summed E-state index contributed by atoms with van der Waals surface area (Å²) in [4.78, 5) is 39.7. The van der Waals surface area contributed by atoms with Gasteiger partial charge in [-0.15, -0.1) is 0 Å². The molecule has 26 heavy (non-hydrogen) atoms. The van der Waals surface area contributed by atoms with Crippen molar-refractivity contribution in [3.05, 3.63) is 65.7 Å². The predicted molar refractivity (Wildman–Crippen MR) is 99.9 cm³/mol. The molecule has 1 atom stereocenters. The molecular formula is C21H22N2O3. The summed E-state index contributed by atoms with van der Waals surface area (Å²) in [5, 5.41) is 0. The lowest BCUT2D eigenvalue weighted by Gasteiger charge is -2.40. The summed E-state index contributed by atoms with van der Waals surface area (Å²) in [5.41, 5.74) is 3.00. The van der Waals surface area contributed by atoms with Gasteiger partial charge in [-0.3, -0.25) is 14.4 Å². The topological polar surface area (TPSA) is 57.7 Å². The van der Waals surface area contributed by atoms with E-state index >= 15 is 0 Å². The van der Waals surface area contributed by atoms with E-state index in [1.54, 1.807) is 4.90 Å². The largest absolute Gasteiger partial charge is 0.322 e. The maximum atomic E-state index is 12.6. The van der Waals surface area contributed by atoms with Crippen molar-refractivity contribution in [2.45, 2.75) is 26.3 Å². The Balaban J connectivity index is 1.88. The molecule has 0 bridgehead atoms. The highest BCUT2D eigenvalue weighted by Crippen LogP contribution is 2.23. The number of Topliss-reactive ketones (excluding diaryl/α,β-unsaturated/α-hetero) is 1. The van der Waals surface area contributed by atoms with Crippen LogP contribution in [0.25, 0.3) is 0 Å². The van der Waals surface area contributed by atoms with Gasteiger partial charge >= 0.3 is 0 Å². The molecule has 1 fully saturated rings. The number of benzene rings is 2. The second-order valence-electron chi connectivity index (χ2n) is 6.67. The number of anilines is 1. The van der Waals surface area contributed by atoms with Crippen LogP contribution >= 0.6 is 0 Å². The second kappa shape index (κ2) is 7.52. The smallest absolute Gasteiger partial charge is 0.290 e. The van der Waals surface area contributed by atoms with Crippen molar-refractivity contribution < 1.29 is 14.4 Å². The maximum Gasteiger partial charge on any atom is 0.290 e. The van der Waals surface area contributed by atoms with E-state index in [2.05, 4.69) is 0 Å². The number of ketones is 1. The Labute approximate surface area is 153 Å². The third kappa shape index (κ3) is 3.82. The number of aryl methyl sites for hydroxylation is 1. The van der Waals surface area contributed by atoms with Crippen LogP contribution in [0.5, 0.6) is 0 Å². The summed E-state index contributed by atoms with van der Waals surface area (Å²) in [6, 6.07) is 17.3. The monoisotopic (exact) mass is 350 g/mol. The van der Waals surface area contributed by atoms with Gasteiger partial charge in [-0.2, -0.15) is 0 Å². The number of nitrogens with zero attached hydrogens (tertiary/aromatic N) is 2. The third-order valence-corrected chi connectivity index (χ3v) is 4.66. The van der Waals surface area contributed by atoms with Crippen molar-refractivity contribution in [3.8, 4) is 0 Å². The fraction of sp³-hybridized carbons (Fsp3) is 0.286. The Morgan fingerprint density at radius 2 is 1.69 bits per heavy atom. The molecule has 2 amide bonds. The van der Waals surface area contributed by atoms with Crippen LogP contribution < -0.4 is 4.90 Å². The Bertz CT molecular complexity index is 815. The number of amides is 2. The molecule has 0 radical (unpaired) electrons. The zero-order valence-corrected chi connectivity index (χ0v) is 15.0. The Hall–Kier alpha value is -2.95. The minimum absolute atomic E-state index is 0.0796. The van der Waals surface area contributed by atoms with Gasteiger partial charge in [0.1, 0.15) is 6.54 Å². The lowest BCUT2D eigenvalue weighted by Crippen LogP contribution is -2.60. The van der Waals surface area contributed by atoms with E-state index in [4.69, 9.17) is 0 Å². The Morgan fingerprint density at radius 1 is 1.04 bits per heavy atom. The van der Waals surface area contributed by atoms with Crippen molar-refractivity contribution in [1.82, 2.24) is 4.90 Å². The summed E-state index contributed by atoms with van der Waals surface area (Å²) in [7, 11) is 0. The van der Waals surface area contributed by atoms with E-state index in [-0.39, 0.29) is 18.5 Å². The molecule has 134 valence electrons. The number of piperazine rings is 1. The van der Waals surface area contributed by atoms with Crippen LogP contribution in [0.1, 0.15) is 18.1 Å². The molecular weight excluding hydrogens is 328 g/mol. The normalized spacial score (nSPS) is 17.3. The number of carbonyl (C=O) groups is 3. The first kappa shape index (κ1) is 17.9. The van der Waals surface area contributed by atoms with E-state index in [9.17, 15) is 14.4 Å². The zero-order chi connectivity index (χ0) is 18.7.